The van der Waals surface area contributed by atoms with Gasteiger partial charge >= 0.3 is 0 Å². The van der Waals surface area contributed by atoms with Crippen molar-refractivity contribution >= 4 is 17.5 Å². The zero-order valence-corrected chi connectivity index (χ0v) is 12.2. The normalized spacial score (nSPS) is 10.8. The summed E-state index contributed by atoms with van der Waals surface area (Å²) in [5.74, 6) is 1.90. The van der Waals surface area contributed by atoms with Crippen molar-refractivity contribution in [3.05, 3.63) is 35.9 Å². The summed E-state index contributed by atoms with van der Waals surface area (Å²) in [5, 5.41) is 0. The third-order valence-corrected chi connectivity index (χ3v) is 4.03. The highest BCUT2D eigenvalue weighted by molar-refractivity contribution is 7.99. The van der Waals surface area contributed by atoms with Crippen molar-refractivity contribution < 1.29 is 4.79 Å². The van der Waals surface area contributed by atoms with Gasteiger partial charge in [0.05, 0.1) is 5.75 Å². The summed E-state index contributed by atoms with van der Waals surface area (Å²) in [6, 6.07) is 9.54. The molecule has 0 bridgehead atoms. The van der Waals surface area contributed by atoms with E-state index in [1.54, 1.807) is 11.8 Å². The molecule has 1 aromatic carbocycles. The summed E-state index contributed by atoms with van der Waals surface area (Å²) >= 11 is 1.74. The average Bonchev–Trinajstić information content (AvgIpc) is 2.43. The topological polar surface area (TPSA) is 20.3 Å². The number of hydrogen-bond donors (Lipinski definition) is 0. The molecule has 0 atom stereocenters. The quantitative estimate of drug-likeness (QED) is 0.504. The van der Waals surface area contributed by atoms with Crippen molar-refractivity contribution in [2.24, 2.45) is 0 Å². The van der Waals surface area contributed by atoms with Gasteiger partial charge in [0.1, 0.15) is 0 Å². The van der Waals surface area contributed by atoms with Crippen LogP contribution < -0.4 is 0 Å². The van der Waals surface area contributed by atoms with Gasteiger partial charge in [0.2, 0.25) is 0 Å². The van der Waals surface area contributed by atoms with Gasteiger partial charge < -0.3 is 4.90 Å². The minimum atomic E-state index is 0.239. The van der Waals surface area contributed by atoms with Gasteiger partial charge in [-0.05, 0) is 31.8 Å². The summed E-state index contributed by atoms with van der Waals surface area (Å²) in [6.45, 7) is 7.75. The van der Waals surface area contributed by atoms with Gasteiger partial charge in [0.15, 0.2) is 5.78 Å². The Morgan fingerprint density at radius 2 is 1.83 bits per heavy atom. The number of carbonyl (C=O) groups is 1. The van der Waals surface area contributed by atoms with Gasteiger partial charge in [-0.3, -0.25) is 4.79 Å². The number of rotatable bonds is 9. The highest BCUT2D eigenvalue weighted by atomic mass is 32.2. The summed E-state index contributed by atoms with van der Waals surface area (Å²) in [7, 11) is 0. The number of thioether (sulfide) groups is 1. The first-order valence-corrected chi connectivity index (χ1v) is 7.81. The molecule has 100 valence electrons. The number of hydrogen-bond acceptors (Lipinski definition) is 3. The molecule has 0 fully saturated rings. The summed E-state index contributed by atoms with van der Waals surface area (Å²) in [5.41, 5.74) is 0.828. The molecule has 0 radical (unpaired) electrons. The molecular weight excluding hydrogens is 242 g/mol. The van der Waals surface area contributed by atoms with E-state index in [0.717, 1.165) is 37.4 Å². The number of benzene rings is 1. The fourth-order valence-corrected chi connectivity index (χ4v) is 2.63. The Morgan fingerprint density at radius 1 is 1.17 bits per heavy atom. The van der Waals surface area contributed by atoms with Crippen LogP contribution in [0.4, 0.5) is 0 Å². The van der Waals surface area contributed by atoms with E-state index >= 15 is 0 Å². The monoisotopic (exact) mass is 265 g/mol. The standard InChI is InChI=1S/C15H23NOS/c1-3-16(4-2)11-8-12-18-13-15(17)14-9-6-5-7-10-14/h5-7,9-10H,3-4,8,11-13H2,1-2H3. The molecular formula is C15H23NOS. The fourth-order valence-electron chi connectivity index (χ4n) is 1.80. The molecule has 0 aliphatic carbocycles. The van der Waals surface area contributed by atoms with Crippen molar-refractivity contribution in [1.29, 1.82) is 0 Å². The second kappa shape index (κ2) is 9.17. The van der Waals surface area contributed by atoms with Crippen LogP contribution in [0.3, 0.4) is 0 Å². The number of nitrogens with zero attached hydrogens (tertiary/aromatic N) is 1. The van der Waals surface area contributed by atoms with E-state index in [2.05, 4.69) is 18.7 Å². The Hall–Kier alpha value is -0.800. The predicted molar refractivity (Wildman–Crippen MR) is 80.5 cm³/mol. The molecule has 1 aromatic rings. The van der Waals surface area contributed by atoms with E-state index in [1.807, 2.05) is 30.3 Å². The van der Waals surface area contributed by atoms with Crippen LogP contribution in [0.25, 0.3) is 0 Å². The van der Waals surface area contributed by atoms with Gasteiger partial charge in [-0.25, -0.2) is 0 Å². The number of Topliss-reactive ketones (excluding diaryl/α,β-unsaturated/α-hetero) is 1. The Labute approximate surface area is 115 Å². The summed E-state index contributed by atoms with van der Waals surface area (Å²) < 4.78 is 0. The SMILES string of the molecule is CCN(CC)CCCSCC(=O)c1ccccc1. The third-order valence-electron chi connectivity index (χ3n) is 2.99. The van der Waals surface area contributed by atoms with Crippen LogP contribution in [0.5, 0.6) is 0 Å². The lowest BCUT2D eigenvalue weighted by molar-refractivity contribution is 0.102. The van der Waals surface area contributed by atoms with Crippen LogP contribution in [-0.2, 0) is 0 Å². The summed E-state index contributed by atoms with van der Waals surface area (Å²) in [6.07, 6.45) is 1.16. The molecule has 0 spiro atoms. The van der Waals surface area contributed by atoms with E-state index in [1.165, 1.54) is 0 Å². The fraction of sp³-hybridized carbons (Fsp3) is 0.533. The van der Waals surface area contributed by atoms with Crippen LogP contribution in [-0.4, -0.2) is 41.8 Å². The second-order valence-corrected chi connectivity index (χ2v) is 5.33. The lowest BCUT2D eigenvalue weighted by Gasteiger charge is -2.17. The first-order chi connectivity index (χ1) is 8.77. The van der Waals surface area contributed by atoms with E-state index < -0.39 is 0 Å². The van der Waals surface area contributed by atoms with E-state index in [-0.39, 0.29) is 5.78 Å². The Balaban J connectivity index is 2.13. The van der Waals surface area contributed by atoms with E-state index in [0.29, 0.717) is 5.75 Å². The molecule has 0 N–H and O–H groups in total. The minimum Gasteiger partial charge on any atom is -0.304 e. The Kier molecular flexibility index (Phi) is 7.78. The van der Waals surface area contributed by atoms with Crippen molar-refractivity contribution in [3.8, 4) is 0 Å². The lowest BCUT2D eigenvalue weighted by Crippen LogP contribution is -2.24. The lowest BCUT2D eigenvalue weighted by atomic mass is 10.2. The van der Waals surface area contributed by atoms with Gasteiger partial charge in [-0.1, -0.05) is 44.2 Å². The zero-order valence-electron chi connectivity index (χ0n) is 11.4. The van der Waals surface area contributed by atoms with Crippen molar-refractivity contribution in [3.63, 3.8) is 0 Å². The highest BCUT2D eigenvalue weighted by Crippen LogP contribution is 2.08. The zero-order chi connectivity index (χ0) is 13.2. The number of ketones is 1. The largest absolute Gasteiger partial charge is 0.304 e. The molecule has 0 saturated carbocycles. The minimum absolute atomic E-state index is 0.239. The first kappa shape index (κ1) is 15.3. The highest BCUT2D eigenvalue weighted by Gasteiger charge is 2.05. The molecule has 0 heterocycles. The predicted octanol–water partition coefficient (Wildman–Crippen LogP) is 3.33. The Morgan fingerprint density at radius 3 is 2.44 bits per heavy atom. The average molecular weight is 265 g/mol. The van der Waals surface area contributed by atoms with Crippen LogP contribution in [0.2, 0.25) is 0 Å². The molecule has 1 rings (SSSR count). The second-order valence-electron chi connectivity index (χ2n) is 4.22. The molecule has 0 amide bonds. The molecule has 0 unspecified atom stereocenters. The molecule has 0 saturated heterocycles. The van der Waals surface area contributed by atoms with E-state index in [9.17, 15) is 4.79 Å². The molecule has 18 heavy (non-hydrogen) atoms. The van der Waals surface area contributed by atoms with Crippen LogP contribution >= 0.6 is 11.8 Å². The maximum Gasteiger partial charge on any atom is 0.172 e. The smallest absolute Gasteiger partial charge is 0.172 e. The molecule has 3 heteroatoms. The Bertz CT molecular complexity index is 336. The molecule has 0 aliphatic heterocycles. The summed E-state index contributed by atoms with van der Waals surface area (Å²) in [4.78, 5) is 14.2. The third kappa shape index (κ3) is 5.69. The van der Waals surface area contributed by atoms with Gasteiger partial charge in [0, 0.05) is 5.56 Å². The van der Waals surface area contributed by atoms with Crippen LogP contribution in [0.15, 0.2) is 30.3 Å². The maximum absolute atomic E-state index is 11.8. The first-order valence-electron chi connectivity index (χ1n) is 6.66. The van der Waals surface area contributed by atoms with Gasteiger partial charge in [-0.15, -0.1) is 0 Å². The number of carbonyl (C=O) groups excluding carboxylic acids is 1. The molecule has 2 nitrogen and oxygen atoms in total. The van der Waals surface area contributed by atoms with Gasteiger partial charge in [0.25, 0.3) is 0 Å². The van der Waals surface area contributed by atoms with Gasteiger partial charge in [-0.2, -0.15) is 11.8 Å². The molecule has 0 aliphatic rings. The van der Waals surface area contributed by atoms with Crippen molar-refractivity contribution in [2.75, 3.05) is 31.1 Å². The van der Waals surface area contributed by atoms with Crippen LogP contribution in [0.1, 0.15) is 30.6 Å². The maximum atomic E-state index is 11.8. The van der Waals surface area contributed by atoms with E-state index in [4.69, 9.17) is 0 Å². The van der Waals surface area contributed by atoms with Crippen molar-refractivity contribution in [2.45, 2.75) is 20.3 Å². The van der Waals surface area contributed by atoms with Crippen molar-refractivity contribution in [1.82, 2.24) is 4.90 Å². The molecule has 0 aromatic heterocycles. The van der Waals surface area contributed by atoms with Crippen LogP contribution in [0, 0.1) is 0 Å².